The number of benzene rings is 3. The highest BCUT2D eigenvalue weighted by Gasteiger charge is 2.25. The highest BCUT2D eigenvalue weighted by atomic mass is 35.5. The molecule has 3 heterocycles. The molecule has 1 fully saturated rings. The van der Waals surface area contributed by atoms with E-state index in [-0.39, 0.29) is 5.91 Å². The molecule has 0 aliphatic carbocycles. The van der Waals surface area contributed by atoms with Crippen molar-refractivity contribution in [2.24, 2.45) is 0 Å². The predicted octanol–water partition coefficient (Wildman–Crippen LogP) is 6.60. The summed E-state index contributed by atoms with van der Waals surface area (Å²) in [5, 5.41) is 0.494. The molecule has 7 heteroatoms. The minimum absolute atomic E-state index is 0.0140. The first-order chi connectivity index (χ1) is 19.5. The first-order valence-corrected chi connectivity index (χ1v) is 13.9. The van der Waals surface area contributed by atoms with Gasteiger partial charge in [-0.15, -0.1) is 0 Å². The first kappa shape index (κ1) is 26.1. The third-order valence-electron chi connectivity index (χ3n) is 7.55. The van der Waals surface area contributed by atoms with Crippen LogP contribution in [-0.4, -0.2) is 58.4 Å². The number of halogens is 1. The second-order valence-electron chi connectivity index (χ2n) is 10.2. The van der Waals surface area contributed by atoms with Crippen molar-refractivity contribution >= 4 is 23.2 Å². The van der Waals surface area contributed by atoms with Gasteiger partial charge in [-0.25, -0.2) is 4.98 Å². The zero-order valence-corrected chi connectivity index (χ0v) is 23.4. The minimum atomic E-state index is -0.0140. The summed E-state index contributed by atoms with van der Waals surface area (Å²) < 4.78 is 7.73. The molecule has 3 aromatic carbocycles. The number of amides is 1. The Balaban J connectivity index is 1.32. The van der Waals surface area contributed by atoms with E-state index in [0.717, 1.165) is 47.0 Å². The van der Waals surface area contributed by atoms with E-state index in [9.17, 15) is 4.79 Å². The Morgan fingerprint density at radius 2 is 1.65 bits per heavy atom. The molecule has 1 amide bonds. The molecule has 6 rings (SSSR count). The normalized spacial score (nSPS) is 14.0. The molecule has 1 aliphatic rings. The number of methoxy groups -OCH3 is 1. The van der Waals surface area contributed by atoms with Gasteiger partial charge in [0, 0.05) is 44.5 Å². The molecule has 0 atom stereocenters. The molecule has 0 saturated carbocycles. The van der Waals surface area contributed by atoms with Gasteiger partial charge >= 0.3 is 0 Å². The number of carbonyl (C=O) groups is 1. The zero-order chi connectivity index (χ0) is 27.6. The van der Waals surface area contributed by atoms with Gasteiger partial charge in [-0.05, 0) is 54.4 Å². The van der Waals surface area contributed by atoms with Crippen LogP contribution in [0.1, 0.15) is 21.6 Å². The molecule has 2 aromatic heterocycles. The lowest BCUT2D eigenvalue weighted by Gasteiger charge is -2.35. The summed E-state index contributed by atoms with van der Waals surface area (Å²) in [6.07, 6.45) is 2.19. The number of rotatable bonds is 6. The summed E-state index contributed by atoms with van der Waals surface area (Å²) in [4.78, 5) is 22.5. The summed E-state index contributed by atoms with van der Waals surface area (Å²) in [6, 6.07) is 28.1. The molecule has 0 bridgehead atoms. The van der Waals surface area contributed by atoms with E-state index in [1.54, 1.807) is 19.2 Å². The van der Waals surface area contributed by atoms with Crippen LogP contribution >= 0.6 is 11.6 Å². The highest BCUT2D eigenvalue weighted by Crippen LogP contribution is 2.31. The summed E-state index contributed by atoms with van der Waals surface area (Å²) >= 11 is 6.30. The van der Waals surface area contributed by atoms with Crippen molar-refractivity contribution in [2.75, 3.05) is 33.3 Å². The predicted molar refractivity (Wildman–Crippen MR) is 160 cm³/mol. The number of pyridine rings is 1. The summed E-state index contributed by atoms with van der Waals surface area (Å²) in [5.41, 5.74) is 8.07. The molecule has 0 unspecified atom stereocenters. The average Bonchev–Trinajstić information content (AvgIpc) is 3.35. The van der Waals surface area contributed by atoms with Gasteiger partial charge < -0.3 is 14.0 Å². The fraction of sp³-hybridized carbons (Fsp3) is 0.212. The fourth-order valence-corrected chi connectivity index (χ4v) is 5.58. The lowest BCUT2D eigenvalue weighted by atomic mass is 10.1. The molecule has 0 spiro atoms. The van der Waals surface area contributed by atoms with Crippen LogP contribution in [0.2, 0.25) is 5.02 Å². The van der Waals surface area contributed by atoms with Gasteiger partial charge in [-0.2, -0.15) is 0 Å². The standard InChI is InChI=1S/C33H31ClN4O2/c1-23-7-5-8-24(19-23)26-13-14-31-35-32(25-9-6-10-27(20-25)40-2)30(38(31)21-26)22-36-15-17-37(18-16-36)33(39)28-11-3-4-12-29(28)34/h3-14,19-21H,15-18,22H2,1-2H3. The number of aromatic nitrogens is 2. The van der Waals surface area contributed by atoms with E-state index < -0.39 is 0 Å². The number of carbonyl (C=O) groups excluding carboxylic acids is 1. The highest BCUT2D eigenvalue weighted by molar-refractivity contribution is 6.33. The van der Waals surface area contributed by atoms with E-state index in [0.29, 0.717) is 30.2 Å². The Hall–Kier alpha value is -4.13. The minimum Gasteiger partial charge on any atom is -0.497 e. The van der Waals surface area contributed by atoms with E-state index in [2.05, 4.69) is 64.9 Å². The number of aryl methyl sites for hydroxylation is 1. The van der Waals surface area contributed by atoms with Gasteiger partial charge in [0.05, 0.1) is 29.1 Å². The number of ether oxygens (including phenoxy) is 1. The Morgan fingerprint density at radius 3 is 2.42 bits per heavy atom. The van der Waals surface area contributed by atoms with Crippen LogP contribution in [0.15, 0.2) is 91.1 Å². The lowest BCUT2D eigenvalue weighted by molar-refractivity contribution is 0.0627. The van der Waals surface area contributed by atoms with Crippen LogP contribution in [0.4, 0.5) is 0 Å². The largest absolute Gasteiger partial charge is 0.497 e. The van der Waals surface area contributed by atoms with Crippen LogP contribution < -0.4 is 4.74 Å². The van der Waals surface area contributed by atoms with E-state index in [1.807, 2.05) is 35.2 Å². The van der Waals surface area contributed by atoms with Crippen molar-refractivity contribution in [2.45, 2.75) is 13.5 Å². The number of hydrogen-bond donors (Lipinski definition) is 0. The van der Waals surface area contributed by atoms with Crippen LogP contribution in [0.5, 0.6) is 5.75 Å². The van der Waals surface area contributed by atoms with Gasteiger partial charge in [0.2, 0.25) is 0 Å². The summed E-state index contributed by atoms with van der Waals surface area (Å²) in [7, 11) is 1.68. The Morgan fingerprint density at radius 1 is 0.875 bits per heavy atom. The topological polar surface area (TPSA) is 50.1 Å². The molecular weight excluding hydrogens is 520 g/mol. The SMILES string of the molecule is COc1cccc(-c2nc3ccc(-c4cccc(C)c4)cn3c2CN2CCN(C(=O)c3ccccc3Cl)CC2)c1. The molecule has 202 valence electrons. The maximum Gasteiger partial charge on any atom is 0.255 e. The third-order valence-corrected chi connectivity index (χ3v) is 7.88. The van der Waals surface area contributed by atoms with Gasteiger partial charge in [0.15, 0.2) is 0 Å². The average molecular weight is 551 g/mol. The third kappa shape index (κ3) is 5.20. The number of fused-ring (bicyclic) bond motifs is 1. The smallest absolute Gasteiger partial charge is 0.255 e. The Bertz CT molecular complexity index is 1690. The molecule has 40 heavy (non-hydrogen) atoms. The quantitative estimate of drug-likeness (QED) is 0.239. The number of nitrogens with zero attached hydrogens (tertiary/aromatic N) is 4. The van der Waals surface area contributed by atoms with Gasteiger partial charge in [-0.3, -0.25) is 9.69 Å². The molecule has 6 nitrogen and oxygen atoms in total. The van der Waals surface area contributed by atoms with Crippen molar-refractivity contribution in [3.63, 3.8) is 0 Å². The molecule has 0 N–H and O–H groups in total. The molecular formula is C33H31ClN4O2. The Kier molecular flexibility index (Phi) is 7.29. The lowest BCUT2D eigenvalue weighted by Crippen LogP contribution is -2.48. The van der Waals surface area contributed by atoms with Crippen molar-refractivity contribution < 1.29 is 9.53 Å². The monoisotopic (exact) mass is 550 g/mol. The summed E-state index contributed by atoms with van der Waals surface area (Å²) in [6.45, 7) is 5.63. The van der Waals surface area contributed by atoms with Gasteiger partial charge in [0.1, 0.15) is 11.4 Å². The Labute approximate surface area is 239 Å². The van der Waals surface area contributed by atoms with Crippen molar-refractivity contribution in [1.82, 2.24) is 19.2 Å². The molecule has 1 aliphatic heterocycles. The van der Waals surface area contributed by atoms with Crippen LogP contribution in [0.25, 0.3) is 28.0 Å². The van der Waals surface area contributed by atoms with Gasteiger partial charge in [0.25, 0.3) is 5.91 Å². The second-order valence-corrected chi connectivity index (χ2v) is 10.6. The maximum absolute atomic E-state index is 13.1. The van der Waals surface area contributed by atoms with Crippen molar-refractivity contribution in [1.29, 1.82) is 0 Å². The van der Waals surface area contributed by atoms with Crippen molar-refractivity contribution in [3.8, 4) is 28.1 Å². The van der Waals surface area contributed by atoms with E-state index in [1.165, 1.54) is 11.1 Å². The maximum atomic E-state index is 13.1. The van der Waals surface area contributed by atoms with Crippen LogP contribution in [0.3, 0.4) is 0 Å². The second kappa shape index (κ2) is 11.2. The van der Waals surface area contributed by atoms with Crippen molar-refractivity contribution in [3.05, 3.63) is 113 Å². The number of hydrogen-bond acceptors (Lipinski definition) is 4. The fourth-order valence-electron chi connectivity index (χ4n) is 5.37. The number of piperazine rings is 1. The molecule has 0 radical (unpaired) electrons. The first-order valence-electron chi connectivity index (χ1n) is 13.5. The van der Waals surface area contributed by atoms with E-state index >= 15 is 0 Å². The molecule has 1 saturated heterocycles. The van der Waals surface area contributed by atoms with E-state index in [4.69, 9.17) is 21.3 Å². The molecule has 5 aromatic rings. The zero-order valence-electron chi connectivity index (χ0n) is 22.7. The summed E-state index contributed by atoms with van der Waals surface area (Å²) in [5.74, 6) is 0.785. The van der Waals surface area contributed by atoms with Crippen LogP contribution in [-0.2, 0) is 6.54 Å². The van der Waals surface area contributed by atoms with Gasteiger partial charge in [-0.1, -0.05) is 65.7 Å². The van der Waals surface area contributed by atoms with Crippen LogP contribution in [0, 0.1) is 6.92 Å². The number of imidazole rings is 1.